The lowest BCUT2D eigenvalue weighted by Crippen LogP contribution is -2.48. The smallest absolute Gasteiger partial charge is 0.269 e. The van der Waals surface area contributed by atoms with Gasteiger partial charge in [-0.2, -0.15) is 0 Å². The van der Waals surface area contributed by atoms with E-state index in [1.807, 2.05) is 30.3 Å². The molecule has 2 aliphatic heterocycles. The fourth-order valence-electron chi connectivity index (χ4n) is 6.07. The number of nitro groups is 1. The number of β-amino-alcohol motifs (C(OH)–C–C–N with tert-alkyl or cyclic N) is 1. The zero-order valence-electron chi connectivity index (χ0n) is 21.0. The topological polar surface area (TPSA) is 69.9 Å². The van der Waals surface area contributed by atoms with Gasteiger partial charge in [0.05, 0.1) is 4.92 Å². The first-order valence-electron chi connectivity index (χ1n) is 13.1. The molecule has 0 amide bonds. The Balaban J connectivity index is 1.35. The van der Waals surface area contributed by atoms with E-state index in [0.29, 0.717) is 12.6 Å². The Bertz CT molecular complexity index is 1190. The number of hydrogen-bond acceptors (Lipinski definition) is 5. The maximum atomic E-state index is 13.7. The maximum absolute atomic E-state index is 13.7. The molecule has 6 nitrogen and oxygen atoms in total. The molecule has 0 spiro atoms. The van der Waals surface area contributed by atoms with Crippen LogP contribution >= 0.6 is 0 Å². The van der Waals surface area contributed by atoms with E-state index >= 15 is 0 Å². The lowest BCUT2D eigenvalue weighted by atomic mass is 9.82. The van der Waals surface area contributed by atoms with Crippen molar-refractivity contribution in [3.05, 3.63) is 111 Å². The van der Waals surface area contributed by atoms with Crippen LogP contribution in [0.1, 0.15) is 36.0 Å². The Morgan fingerprint density at radius 1 is 0.973 bits per heavy atom. The predicted molar refractivity (Wildman–Crippen MR) is 142 cm³/mol. The third-order valence-electron chi connectivity index (χ3n) is 8.03. The van der Waals surface area contributed by atoms with E-state index < -0.39 is 5.60 Å². The van der Waals surface area contributed by atoms with Crippen LogP contribution in [0, 0.1) is 21.8 Å². The number of halogens is 1. The van der Waals surface area contributed by atoms with E-state index in [9.17, 15) is 19.6 Å². The number of aliphatic hydroxyl groups is 1. The number of nitrogens with zero attached hydrogens (tertiary/aromatic N) is 3. The van der Waals surface area contributed by atoms with Gasteiger partial charge in [-0.1, -0.05) is 61.0 Å². The minimum atomic E-state index is -1.07. The van der Waals surface area contributed by atoms with Crippen LogP contribution < -0.4 is 0 Å². The lowest BCUT2D eigenvalue weighted by molar-refractivity contribution is -0.384. The van der Waals surface area contributed by atoms with E-state index in [0.717, 1.165) is 63.0 Å². The van der Waals surface area contributed by atoms with Crippen LogP contribution in [-0.2, 0) is 18.6 Å². The number of non-ortho nitro benzene ring substituents is 1. The van der Waals surface area contributed by atoms with Crippen LogP contribution in [0.3, 0.4) is 0 Å². The van der Waals surface area contributed by atoms with Crippen molar-refractivity contribution in [2.45, 2.75) is 43.9 Å². The zero-order valence-corrected chi connectivity index (χ0v) is 21.0. The fourth-order valence-corrected chi connectivity index (χ4v) is 6.07. The third kappa shape index (κ3) is 5.90. The Morgan fingerprint density at radius 2 is 1.70 bits per heavy atom. The normalized spacial score (nSPS) is 24.8. The summed E-state index contributed by atoms with van der Waals surface area (Å²) >= 11 is 0. The first kappa shape index (κ1) is 25.5. The van der Waals surface area contributed by atoms with Crippen molar-refractivity contribution >= 4 is 5.69 Å². The summed E-state index contributed by atoms with van der Waals surface area (Å²) in [6.45, 7) is 3.72. The molecule has 5 rings (SSSR count). The molecule has 0 radical (unpaired) electrons. The highest BCUT2D eigenvalue weighted by molar-refractivity contribution is 5.33. The summed E-state index contributed by atoms with van der Waals surface area (Å²) in [5.41, 5.74) is 2.10. The van der Waals surface area contributed by atoms with Gasteiger partial charge in [-0.3, -0.25) is 19.9 Å². The number of nitro benzene ring substituents is 1. The summed E-state index contributed by atoms with van der Waals surface area (Å²) in [5, 5.41) is 23.1. The molecule has 0 saturated carbocycles. The SMILES string of the molecule is O=[N+]([O-])c1ccc(CC2CCCCN2CC2CN(Cc3ccccc3)CC2(O)c2ccc(F)cc2)cc1. The fraction of sp³-hybridized carbons (Fsp3) is 0.400. The number of rotatable bonds is 8. The van der Waals surface area contributed by atoms with Crippen LogP contribution in [0.2, 0.25) is 0 Å². The summed E-state index contributed by atoms with van der Waals surface area (Å²) < 4.78 is 13.7. The maximum Gasteiger partial charge on any atom is 0.269 e. The molecule has 3 unspecified atom stereocenters. The van der Waals surface area contributed by atoms with Crippen molar-refractivity contribution in [2.75, 3.05) is 26.2 Å². The molecule has 2 saturated heterocycles. The molecule has 0 aromatic heterocycles. The third-order valence-corrected chi connectivity index (χ3v) is 8.03. The number of hydrogen-bond donors (Lipinski definition) is 1. The quantitative estimate of drug-likeness (QED) is 0.340. The molecule has 2 fully saturated rings. The number of piperidine rings is 1. The van der Waals surface area contributed by atoms with Crippen molar-refractivity contribution in [1.29, 1.82) is 0 Å². The number of benzene rings is 3. The predicted octanol–water partition coefficient (Wildman–Crippen LogP) is 5.15. The molecule has 3 aromatic carbocycles. The molecule has 194 valence electrons. The minimum Gasteiger partial charge on any atom is -0.383 e. The van der Waals surface area contributed by atoms with Crippen molar-refractivity contribution in [2.24, 2.45) is 5.92 Å². The van der Waals surface area contributed by atoms with Gasteiger partial charge >= 0.3 is 0 Å². The molecular weight excluding hydrogens is 469 g/mol. The first-order chi connectivity index (χ1) is 17.9. The highest BCUT2D eigenvalue weighted by atomic mass is 19.1. The van der Waals surface area contributed by atoms with E-state index in [1.54, 1.807) is 24.3 Å². The molecule has 0 aliphatic carbocycles. The second-order valence-electron chi connectivity index (χ2n) is 10.6. The van der Waals surface area contributed by atoms with Crippen molar-refractivity contribution in [3.8, 4) is 0 Å². The molecule has 2 aliphatic rings. The summed E-state index contributed by atoms with van der Waals surface area (Å²) in [6, 6.07) is 23.8. The van der Waals surface area contributed by atoms with Gasteiger partial charge in [-0.15, -0.1) is 0 Å². The van der Waals surface area contributed by atoms with Crippen LogP contribution in [0.25, 0.3) is 0 Å². The largest absolute Gasteiger partial charge is 0.383 e. The van der Waals surface area contributed by atoms with Gasteiger partial charge in [0.15, 0.2) is 0 Å². The molecular formula is C30H34FN3O3. The highest BCUT2D eigenvalue weighted by Gasteiger charge is 2.47. The Labute approximate surface area is 217 Å². The van der Waals surface area contributed by atoms with Gasteiger partial charge in [-0.25, -0.2) is 4.39 Å². The van der Waals surface area contributed by atoms with Crippen LogP contribution in [0.4, 0.5) is 10.1 Å². The van der Waals surface area contributed by atoms with E-state index in [4.69, 9.17) is 0 Å². The lowest BCUT2D eigenvalue weighted by Gasteiger charge is -2.40. The summed E-state index contributed by atoms with van der Waals surface area (Å²) in [4.78, 5) is 15.5. The monoisotopic (exact) mass is 503 g/mol. The molecule has 7 heteroatoms. The average molecular weight is 504 g/mol. The van der Waals surface area contributed by atoms with Crippen molar-refractivity contribution < 1.29 is 14.4 Å². The highest BCUT2D eigenvalue weighted by Crippen LogP contribution is 2.39. The summed E-state index contributed by atoms with van der Waals surface area (Å²) in [7, 11) is 0. The van der Waals surface area contributed by atoms with Crippen LogP contribution in [0.5, 0.6) is 0 Å². The van der Waals surface area contributed by atoms with Crippen molar-refractivity contribution in [3.63, 3.8) is 0 Å². The summed E-state index contributed by atoms with van der Waals surface area (Å²) in [6.07, 6.45) is 4.16. The molecule has 3 aromatic rings. The van der Waals surface area contributed by atoms with Crippen LogP contribution in [-0.4, -0.2) is 52.1 Å². The molecule has 0 bridgehead atoms. The second kappa shape index (κ2) is 11.1. The van der Waals surface area contributed by atoms with Crippen LogP contribution in [0.15, 0.2) is 78.9 Å². The van der Waals surface area contributed by atoms with Gasteiger partial charge in [0.25, 0.3) is 5.69 Å². The van der Waals surface area contributed by atoms with Crippen molar-refractivity contribution in [1.82, 2.24) is 9.80 Å². The Hall–Kier alpha value is -3.13. The standard InChI is InChI=1S/C30H34FN3O3/c31-27-13-11-25(12-14-27)30(35)22-32(19-24-6-2-1-3-7-24)20-26(30)21-33-17-5-4-8-29(33)18-23-9-15-28(16-10-23)34(36)37/h1-3,6-7,9-16,26,29,35H,4-5,8,17-22H2. The number of likely N-dealkylation sites (tertiary alicyclic amines) is 2. The van der Waals surface area contributed by atoms with Gasteiger partial charge < -0.3 is 5.11 Å². The molecule has 1 N–H and O–H groups in total. The summed E-state index contributed by atoms with van der Waals surface area (Å²) in [5.74, 6) is -0.332. The van der Waals surface area contributed by atoms with Gasteiger partial charge in [0, 0.05) is 50.3 Å². The molecule has 3 atom stereocenters. The Kier molecular flexibility index (Phi) is 7.65. The molecule has 37 heavy (non-hydrogen) atoms. The van der Waals surface area contributed by atoms with Gasteiger partial charge in [-0.05, 0) is 54.6 Å². The van der Waals surface area contributed by atoms with E-state index in [-0.39, 0.29) is 22.3 Å². The Morgan fingerprint density at radius 3 is 2.41 bits per heavy atom. The van der Waals surface area contributed by atoms with E-state index in [2.05, 4.69) is 21.9 Å². The minimum absolute atomic E-state index is 0.0286. The van der Waals surface area contributed by atoms with E-state index in [1.165, 1.54) is 17.7 Å². The average Bonchev–Trinajstić information content (AvgIpc) is 3.21. The van der Waals surface area contributed by atoms with Gasteiger partial charge in [0.2, 0.25) is 0 Å². The second-order valence-corrected chi connectivity index (χ2v) is 10.6. The molecule has 2 heterocycles. The zero-order chi connectivity index (χ0) is 25.8. The first-order valence-corrected chi connectivity index (χ1v) is 13.1. The van der Waals surface area contributed by atoms with Gasteiger partial charge in [0.1, 0.15) is 11.4 Å².